The highest BCUT2D eigenvalue weighted by atomic mass is 32.1. The van der Waals surface area contributed by atoms with Crippen molar-refractivity contribution >= 4 is 11.3 Å². The molecule has 2 rings (SSSR count). The number of thiophene rings is 1. The fourth-order valence-corrected chi connectivity index (χ4v) is 3.34. The minimum Gasteiger partial charge on any atom is -0.389 e. The molecule has 0 radical (unpaired) electrons. The predicted octanol–water partition coefficient (Wildman–Crippen LogP) is 2.59. The molecule has 1 heterocycles. The highest BCUT2D eigenvalue weighted by Gasteiger charge is 2.17. The molecule has 1 fully saturated rings. The first kappa shape index (κ1) is 15.0. The summed E-state index contributed by atoms with van der Waals surface area (Å²) in [5.74, 6) is 0. The van der Waals surface area contributed by atoms with Gasteiger partial charge in [-0.2, -0.15) is 0 Å². The van der Waals surface area contributed by atoms with Gasteiger partial charge in [0.05, 0.1) is 18.8 Å². The maximum atomic E-state index is 9.90. The first-order chi connectivity index (χ1) is 9.24. The van der Waals surface area contributed by atoms with Gasteiger partial charge in [-0.3, -0.25) is 0 Å². The Morgan fingerprint density at radius 1 is 1.47 bits per heavy atom. The van der Waals surface area contributed by atoms with Crippen LogP contribution in [-0.4, -0.2) is 36.5 Å². The minimum absolute atomic E-state index is 0.387. The van der Waals surface area contributed by atoms with Crippen molar-refractivity contribution in [3.63, 3.8) is 0 Å². The van der Waals surface area contributed by atoms with Crippen LogP contribution >= 0.6 is 11.3 Å². The summed E-state index contributed by atoms with van der Waals surface area (Å²) in [6, 6.07) is 4.62. The Labute approximate surface area is 120 Å². The number of aliphatic hydroxyl groups is 1. The fraction of sp³-hybridized carbons (Fsp3) is 0.733. The minimum atomic E-state index is -0.397. The van der Waals surface area contributed by atoms with Crippen LogP contribution in [0.4, 0.5) is 0 Å². The number of hydrogen-bond donors (Lipinski definition) is 2. The van der Waals surface area contributed by atoms with E-state index in [-0.39, 0.29) is 0 Å². The average molecular weight is 283 g/mol. The maximum absolute atomic E-state index is 9.90. The standard InChI is InChI=1S/C15H25NO2S/c1-12(9-15-7-4-8-19-15)16-10-13(17)11-18-14-5-2-3-6-14/h4,7-8,12-14,16-17H,2-3,5-6,9-11H2,1H3. The average Bonchev–Trinajstić information content (AvgIpc) is 3.06. The van der Waals surface area contributed by atoms with Crippen molar-refractivity contribution < 1.29 is 9.84 Å². The summed E-state index contributed by atoms with van der Waals surface area (Å²) >= 11 is 1.79. The van der Waals surface area contributed by atoms with E-state index in [9.17, 15) is 5.11 Å². The Morgan fingerprint density at radius 3 is 2.95 bits per heavy atom. The van der Waals surface area contributed by atoms with Gasteiger partial charge < -0.3 is 15.2 Å². The second-order valence-electron chi connectivity index (χ2n) is 5.49. The summed E-state index contributed by atoms with van der Waals surface area (Å²) in [7, 11) is 0. The lowest BCUT2D eigenvalue weighted by Crippen LogP contribution is -2.37. The van der Waals surface area contributed by atoms with Crippen LogP contribution in [0, 0.1) is 0 Å². The topological polar surface area (TPSA) is 41.5 Å². The Kier molecular flexibility index (Phi) is 6.31. The molecule has 108 valence electrons. The molecule has 2 N–H and O–H groups in total. The molecule has 19 heavy (non-hydrogen) atoms. The van der Waals surface area contributed by atoms with E-state index in [1.54, 1.807) is 11.3 Å². The number of rotatable bonds is 8. The van der Waals surface area contributed by atoms with E-state index in [1.165, 1.54) is 17.7 Å². The summed E-state index contributed by atoms with van der Waals surface area (Å²) in [6.07, 6.45) is 5.88. The number of aliphatic hydroxyl groups excluding tert-OH is 1. The highest BCUT2D eigenvalue weighted by Crippen LogP contribution is 2.20. The molecule has 0 aliphatic heterocycles. The Hall–Kier alpha value is -0.420. The van der Waals surface area contributed by atoms with Crippen LogP contribution in [0.3, 0.4) is 0 Å². The molecule has 2 atom stereocenters. The quantitative estimate of drug-likeness (QED) is 0.770. The number of ether oxygens (including phenoxy) is 1. The van der Waals surface area contributed by atoms with E-state index in [0.717, 1.165) is 19.3 Å². The fourth-order valence-electron chi connectivity index (χ4n) is 2.50. The van der Waals surface area contributed by atoms with Gasteiger partial charge in [-0.25, -0.2) is 0 Å². The molecule has 0 amide bonds. The third-order valence-electron chi connectivity index (χ3n) is 3.62. The van der Waals surface area contributed by atoms with Gasteiger partial charge in [0, 0.05) is 17.5 Å². The van der Waals surface area contributed by atoms with E-state index >= 15 is 0 Å². The zero-order valence-electron chi connectivity index (χ0n) is 11.7. The van der Waals surface area contributed by atoms with Crippen molar-refractivity contribution in [2.75, 3.05) is 13.2 Å². The SMILES string of the molecule is CC(Cc1cccs1)NCC(O)COC1CCCC1. The molecule has 0 spiro atoms. The van der Waals surface area contributed by atoms with Crippen molar-refractivity contribution in [1.29, 1.82) is 0 Å². The third kappa shape index (κ3) is 5.61. The summed E-state index contributed by atoms with van der Waals surface area (Å²) in [6.45, 7) is 3.23. The van der Waals surface area contributed by atoms with Gasteiger partial charge in [-0.15, -0.1) is 11.3 Å². The van der Waals surface area contributed by atoms with Crippen LogP contribution in [0.15, 0.2) is 17.5 Å². The molecule has 0 bridgehead atoms. The Balaban J connectivity index is 1.56. The lowest BCUT2D eigenvalue weighted by molar-refractivity contribution is -0.00606. The van der Waals surface area contributed by atoms with E-state index in [1.807, 2.05) is 0 Å². The molecular weight excluding hydrogens is 258 g/mol. The Morgan fingerprint density at radius 2 is 2.26 bits per heavy atom. The molecular formula is C15H25NO2S. The van der Waals surface area contributed by atoms with E-state index in [2.05, 4.69) is 29.8 Å². The summed E-state index contributed by atoms with van der Waals surface area (Å²) in [4.78, 5) is 1.39. The van der Waals surface area contributed by atoms with Gasteiger partial charge in [0.25, 0.3) is 0 Å². The smallest absolute Gasteiger partial charge is 0.0897 e. The predicted molar refractivity (Wildman–Crippen MR) is 79.7 cm³/mol. The molecule has 4 heteroatoms. The summed E-state index contributed by atoms with van der Waals surface area (Å²) < 4.78 is 5.71. The van der Waals surface area contributed by atoms with Gasteiger partial charge in [0.15, 0.2) is 0 Å². The number of hydrogen-bond acceptors (Lipinski definition) is 4. The number of nitrogens with one attached hydrogen (secondary N) is 1. The lowest BCUT2D eigenvalue weighted by atomic mass is 10.2. The zero-order valence-corrected chi connectivity index (χ0v) is 12.5. The van der Waals surface area contributed by atoms with Crippen molar-refractivity contribution in [3.05, 3.63) is 22.4 Å². The lowest BCUT2D eigenvalue weighted by Gasteiger charge is -2.18. The van der Waals surface area contributed by atoms with Gasteiger partial charge in [0.1, 0.15) is 0 Å². The third-order valence-corrected chi connectivity index (χ3v) is 4.51. The van der Waals surface area contributed by atoms with Crippen molar-refractivity contribution in [3.8, 4) is 0 Å². The van der Waals surface area contributed by atoms with Gasteiger partial charge in [-0.05, 0) is 37.6 Å². The normalized spacial score (nSPS) is 19.7. The highest BCUT2D eigenvalue weighted by molar-refractivity contribution is 7.09. The van der Waals surface area contributed by atoms with Crippen LogP contribution in [0.1, 0.15) is 37.5 Å². The van der Waals surface area contributed by atoms with Gasteiger partial charge >= 0.3 is 0 Å². The second-order valence-corrected chi connectivity index (χ2v) is 6.52. The van der Waals surface area contributed by atoms with Crippen LogP contribution in [0.2, 0.25) is 0 Å². The maximum Gasteiger partial charge on any atom is 0.0897 e. The molecule has 1 aliphatic carbocycles. The second kappa shape index (κ2) is 8.00. The van der Waals surface area contributed by atoms with E-state index < -0.39 is 6.10 Å². The molecule has 2 unspecified atom stereocenters. The van der Waals surface area contributed by atoms with Crippen molar-refractivity contribution in [1.82, 2.24) is 5.32 Å². The molecule has 1 aromatic heterocycles. The first-order valence-electron chi connectivity index (χ1n) is 7.29. The zero-order chi connectivity index (χ0) is 13.5. The van der Waals surface area contributed by atoms with Crippen LogP contribution < -0.4 is 5.32 Å². The summed E-state index contributed by atoms with van der Waals surface area (Å²) in [5, 5.41) is 15.4. The van der Waals surface area contributed by atoms with Crippen molar-refractivity contribution in [2.45, 2.75) is 57.3 Å². The van der Waals surface area contributed by atoms with E-state index in [0.29, 0.717) is 25.3 Å². The van der Waals surface area contributed by atoms with Crippen LogP contribution in [0.25, 0.3) is 0 Å². The summed E-state index contributed by atoms with van der Waals surface area (Å²) in [5.41, 5.74) is 0. The van der Waals surface area contributed by atoms with Crippen LogP contribution in [0.5, 0.6) is 0 Å². The first-order valence-corrected chi connectivity index (χ1v) is 8.17. The molecule has 1 aliphatic rings. The van der Waals surface area contributed by atoms with Gasteiger partial charge in [0.2, 0.25) is 0 Å². The molecule has 0 saturated heterocycles. The molecule has 3 nitrogen and oxygen atoms in total. The van der Waals surface area contributed by atoms with Crippen LogP contribution in [-0.2, 0) is 11.2 Å². The monoisotopic (exact) mass is 283 g/mol. The molecule has 1 aromatic rings. The largest absolute Gasteiger partial charge is 0.389 e. The molecule has 1 saturated carbocycles. The molecule has 0 aromatic carbocycles. The van der Waals surface area contributed by atoms with Crippen molar-refractivity contribution in [2.24, 2.45) is 0 Å². The van der Waals surface area contributed by atoms with E-state index in [4.69, 9.17) is 4.74 Å². The Bertz CT molecular complexity index is 336. The van der Waals surface area contributed by atoms with Gasteiger partial charge in [-0.1, -0.05) is 18.9 Å².